The average molecular weight is 275 g/mol. The Bertz CT molecular complexity index is 340. The number of hydrogen-bond acceptors (Lipinski definition) is 2. The number of halogens is 3. The fourth-order valence-electron chi connectivity index (χ4n) is 1.97. The van der Waals surface area contributed by atoms with Gasteiger partial charge in [-0.1, -0.05) is 30.3 Å². The van der Waals surface area contributed by atoms with Crippen LogP contribution in [0.4, 0.5) is 13.2 Å². The molecule has 1 aromatic carbocycles. The molecule has 0 aliphatic carbocycles. The monoisotopic (exact) mass is 275 g/mol. The minimum absolute atomic E-state index is 0.0743. The maximum Gasteiger partial charge on any atom is 0.401 e. The lowest BCUT2D eigenvalue weighted by molar-refractivity contribution is -0.146. The molecule has 0 aliphatic heterocycles. The average Bonchev–Trinajstić information content (AvgIpc) is 2.34. The van der Waals surface area contributed by atoms with Crippen molar-refractivity contribution in [3.63, 3.8) is 0 Å². The van der Waals surface area contributed by atoms with Crippen LogP contribution in [-0.2, 0) is 6.42 Å². The molecule has 0 radical (unpaired) electrons. The number of benzene rings is 1. The van der Waals surface area contributed by atoms with Gasteiger partial charge in [-0.15, -0.1) is 0 Å². The van der Waals surface area contributed by atoms with E-state index in [2.05, 4.69) is 0 Å². The van der Waals surface area contributed by atoms with Crippen molar-refractivity contribution in [2.75, 3.05) is 26.2 Å². The van der Waals surface area contributed by atoms with Crippen molar-refractivity contribution < 1.29 is 18.3 Å². The van der Waals surface area contributed by atoms with Crippen LogP contribution in [0.25, 0.3) is 0 Å². The van der Waals surface area contributed by atoms with E-state index >= 15 is 0 Å². The van der Waals surface area contributed by atoms with Crippen LogP contribution in [0.3, 0.4) is 0 Å². The van der Waals surface area contributed by atoms with Crippen molar-refractivity contribution in [2.24, 2.45) is 0 Å². The second-order valence-corrected chi connectivity index (χ2v) is 4.56. The highest BCUT2D eigenvalue weighted by atomic mass is 19.4. The molecule has 19 heavy (non-hydrogen) atoms. The summed E-state index contributed by atoms with van der Waals surface area (Å²) in [5.74, 6) is 0. The van der Waals surface area contributed by atoms with Gasteiger partial charge in [0.2, 0.25) is 0 Å². The third-order valence-corrected chi connectivity index (χ3v) is 2.85. The Hall–Kier alpha value is -1.07. The highest BCUT2D eigenvalue weighted by molar-refractivity contribution is 5.14. The Morgan fingerprint density at radius 2 is 1.68 bits per heavy atom. The standard InChI is InChI=1S/C14H20F3NO/c15-14(16,17)12-18(10-11-19)9-5-4-8-13-6-2-1-3-7-13/h1-3,6-7,19H,4-5,8-12H2. The number of aliphatic hydroxyl groups is 1. The van der Waals surface area contributed by atoms with Crippen LogP contribution in [-0.4, -0.2) is 42.4 Å². The first-order valence-electron chi connectivity index (χ1n) is 6.45. The smallest absolute Gasteiger partial charge is 0.395 e. The van der Waals surface area contributed by atoms with E-state index in [9.17, 15) is 13.2 Å². The lowest BCUT2D eigenvalue weighted by atomic mass is 10.1. The Morgan fingerprint density at radius 1 is 1.00 bits per heavy atom. The van der Waals surface area contributed by atoms with Crippen LogP contribution in [0, 0.1) is 0 Å². The van der Waals surface area contributed by atoms with Gasteiger partial charge in [0.05, 0.1) is 13.2 Å². The molecule has 5 heteroatoms. The fraction of sp³-hybridized carbons (Fsp3) is 0.571. The first kappa shape index (κ1) is 16.0. The molecule has 2 nitrogen and oxygen atoms in total. The quantitative estimate of drug-likeness (QED) is 0.737. The Balaban J connectivity index is 2.24. The number of alkyl halides is 3. The number of nitrogens with zero attached hydrogens (tertiary/aromatic N) is 1. The summed E-state index contributed by atoms with van der Waals surface area (Å²) >= 11 is 0. The second kappa shape index (κ2) is 8.17. The summed E-state index contributed by atoms with van der Waals surface area (Å²) in [7, 11) is 0. The van der Waals surface area contributed by atoms with Gasteiger partial charge in [-0.05, 0) is 31.4 Å². The molecule has 0 saturated carbocycles. The van der Waals surface area contributed by atoms with Crippen LogP contribution in [0.2, 0.25) is 0 Å². The molecular weight excluding hydrogens is 255 g/mol. The maximum atomic E-state index is 12.3. The summed E-state index contributed by atoms with van der Waals surface area (Å²) in [6.07, 6.45) is -1.77. The first-order valence-corrected chi connectivity index (χ1v) is 6.45. The summed E-state index contributed by atoms with van der Waals surface area (Å²) in [5, 5.41) is 8.76. The van der Waals surface area contributed by atoms with E-state index in [-0.39, 0.29) is 13.2 Å². The minimum atomic E-state index is -4.20. The van der Waals surface area contributed by atoms with Crippen molar-refractivity contribution in [2.45, 2.75) is 25.4 Å². The molecule has 0 fully saturated rings. The van der Waals surface area contributed by atoms with Crippen LogP contribution in [0.1, 0.15) is 18.4 Å². The zero-order valence-corrected chi connectivity index (χ0v) is 10.9. The van der Waals surface area contributed by atoms with Crippen LogP contribution in [0.5, 0.6) is 0 Å². The van der Waals surface area contributed by atoms with Crippen LogP contribution in [0.15, 0.2) is 30.3 Å². The van der Waals surface area contributed by atoms with Gasteiger partial charge < -0.3 is 5.11 Å². The molecule has 0 atom stereocenters. The van der Waals surface area contributed by atoms with Crippen molar-refractivity contribution in [3.8, 4) is 0 Å². The van der Waals surface area contributed by atoms with Crippen molar-refractivity contribution >= 4 is 0 Å². The third-order valence-electron chi connectivity index (χ3n) is 2.85. The van der Waals surface area contributed by atoms with Crippen LogP contribution < -0.4 is 0 Å². The van der Waals surface area contributed by atoms with E-state index in [0.717, 1.165) is 12.8 Å². The van der Waals surface area contributed by atoms with Gasteiger partial charge in [-0.2, -0.15) is 13.2 Å². The summed E-state index contributed by atoms with van der Waals surface area (Å²) in [4.78, 5) is 1.25. The van der Waals surface area contributed by atoms with Gasteiger partial charge in [-0.3, -0.25) is 4.90 Å². The molecule has 1 N–H and O–H groups in total. The third kappa shape index (κ3) is 7.85. The number of hydrogen-bond donors (Lipinski definition) is 1. The Kier molecular flexibility index (Phi) is 6.87. The zero-order chi connectivity index (χ0) is 14.1. The number of unbranched alkanes of at least 4 members (excludes halogenated alkanes) is 1. The Morgan fingerprint density at radius 3 is 2.26 bits per heavy atom. The first-order chi connectivity index (χ1) is 9.01. The predicted octanol–water partition coefficient (Wildman–Crippen LogP) is 2.87. The van der Waals surface area contributed by atoms with Gasteiger partial charge in [0.1, 0.15) is 0 Å². The molecule has 0 bridgehead atoms. The van der Waals surface area contributed by atoms with Gasteiger partial charge in [0.25, 0.3) is 0 Å². The van der Waals surface area contributed by atoms with E-state index < -0.39 is 12.7 Å². The van der Waals surface area contributed by atoms with Gasteiger partial charge >= 0.3 is 6.18 Å². The number of aliphatic hydroxyl groups excluding tert-OH is 1. The summed E-state index contributed by atoms with van der Waals surface area (Å²) in [5.41, 5.74) is 1.20. The topological polar surface area (TPSA) is 23.5 Å². The van der Waals surface area contributed by atoms with Crippen molar-refractivity contribution in [1.29, 1.82) is 0 Å². The number of rotatable bonds is 8. The van der Waals surface area contributed by atoms with Gasteiger partial charge in [0.15, 0.2) is 0 Å². The van der Waals surface area contributed by atoms with E-state index in [1.807, 2.05) is 30.3 Å². The molecule has 1 aromatic rings. The van der Waals surface area contributed by atoms with Crippen LogP contribution >= 0.6 is 0 Å². The summed E-state index contributed by atoms with van der Waals surface area (Å²) in [6.45, 7) is -0.745. The highest BCUT2D eigenvalue weighted by Crippen LogP contribution is 2.16. The molecule has 0 saturated heterocycles. The largest absolute Gasteiger partial charge is 0.401 e. The van der Waals surface area contributed by atoms with Crippen molar-refractivity contribution in [1.82, 2.24) is 4.90 Å². The lowest BCUT2D eigenvalue weighted by Gasteiger charge is -2.22. The SMILES string of the molecule is OCCN(CCCCc1ccccc1)CC(F)(F)F. The van der Waals surface area contributed by atoms with E-state index in [4.69, 9.17) is 5.11 Å². The zero-order valence-electron chi connectivity index (χ0n) is 10.9. The van der Waals surface area contributed by atoms with E-state index in [1.54, 1.807) is 0 Å². The molecule has 0 unspecified atom stereocenters. The lowest BCUT2D eigenvalue weighted by Crippen LogP contribution is -2.36. The normalized spacial score (nSPS) is 12.1. The fourth-order valence-corrected chi connectivity index (χ4v) is 1.97. The molecule has 1 rings (SSSR count). The maximum absolute atomic E-state index is 12.3. The molecule has 0 aliphatic rings. The summed E-state index contributed by atoms with van der Waals surface area (Å²) in [6, 6.07) is 9.88. The number of aryl methyl sites for hydroxylation is 1. The molecule has 0 aromatic heterocycles. The molecular formula is C14H20F3NO. The highest BCUT2D eigenvalue weighted by Gasteiger charge is 2.30. The molecule has 0 spiro atoms. The minimum Gasteiger partial charge on any atom is -0.395 e. The molecule has 108 valence electrons. The predicted molar refractivity (Wildman–Crippen MR) is 69.0 cm³/mol. The van der Waals surface area contributed by atoms with Gasteiger partial charge in [0, 0.05) is 6.54 Å². The summed E-state index contributed by atoms with van der Waals surface area (Å²) < 4.78 is 36.8. The molecule has 0 heterocycles. The van der Waals surface area contributed by atoms with E-state index in [0.29, 0.717) is 13.0 Å². The van der Waals surface area contributed by atoms with Crippen molar-refractivity contribution in [3.05, 3.63) is 35.9 Å². The van der Waals surface area contributed by atoms with Gasteiger partial charge in [-0.25, -0.2) is 0 Å². The Labute approximate surface area is 111 Å². The second-order valence-electron chi connectivity index (χ2n) is 4.56. The molecule has 0 amide bonds. The van der Waals surface area contributed by atoms with E-state index in [1.165, 1.54) is 10.5 Å².